The smallest absolute Gasteiger partial charge is 0.156 e. The molecule has 4 aromatic carbocycles. The Balaban J connectivity index is 1.69. The summed E-state index contributed by atoms with van der Waals surface area (Å²) in [5.41, 5.74) is 10.4. The quantitative estimate of drug-likeness (QED) is 0.390. The van der Waals surface area contributed by atoms with E-state index >= 15 is 0 Å². The summed E-state index contributed by atoms with van der Waals surface area (Å²) in [6, 6.07) is 32.9. The molecule has 0 spiro atoms. The van der Waals surface area contributed by atoms with Gasteiger partial charge in [0.15, 0.2) is 5.84 Å². The molecule has 0 fully saturated rings. The number of hydrogen-bond acceptors (Lipinski definition) is 1. The number of nitrogens with zero attached hydrogens (tertiary/aromatic N) is 2. The summed E-state index contributed by atoms with van der Waals surface area (Å²) in [4.78, 5) is 8.90. The zero-order valence-corrected chi connectivity index (χ0v) is 15.7. The summed E-state index contributed by atoms with van der Waals surface area (Å²) >= 11 is 0. The average Bonchev–Trinajstić information content (AvgIpc) is 2.77. The second-order valence-electron chi connectivity index (χ2n) is 6.55. The molecule has 4 aromatic rings. The lowest BCUT2D eigenvalue weighted by atomic mass is 10.00. The lowest BCUT2D eigenvalue weighted by Gasteiger charge is -2.07. The summed E-state index contributed by atoms with van der Waals surface area (Å²) < 4.78 is 0. The Kier molecular flexibility index (Phi) is 4.98. The Bertz CT molecular complexity index is 1160. The predicted octanol–water partition coefficient (Wildman–Crippen LogP) is 5.29. The fraction of sp³-hybridized carbons (Fsp3) is 0.0400. The summed E-state index contributed by atoms with van der Waals surface area (Å²) in [6.45, 7) is 0. The summed E-state index contributed by atoms with van der Waals surface area (Å²) in [7, 11) is 1.74. The Morgan fingerprint density at radius 3 is 2.00 bits per heavy atom. The maximum absolute atomic E-state index is 6.17. The third-order valence-corrected chi connectivity index (χ3v) is 4.71. The molecule has 0 unspecified atom stereocenters. The van der Waals surface area contributed by atoms with Crippen LogP contribution in [0.4, 0.5) is 0 Å². The van der Waals surface area contributed by atoms with E-state index in [2.05, 4.69) is 64.6 Å². The van der Waals surface area contributed by atoms with Crippen LogP contribution >= 0.6 is 0 Å². The van der Waals surface area contributed by atoms with Crippen LogP contribution in [0.1, 0.15) is 11.1 Å². The van der Waals surface area contributed by atoms with Crippen molar-refractivity contribution in [3.05, 3.63) is 108 Å². The van der Waals surface area contributed by atoms with E-state index in [0.717, 1.165) is 16.5 Å². The van der Waals surface area contributed by atoms with Gasteiger partial charge in [-0.3, -0.25) is 4.99 Å². The highest BCUT2D eigenvalue weighted by Gasteiger charge is 2.06. The van der Waals surface area contributed by atoms with E-state index in [1.54, 1.807) is 7.05 Å². The molecule has 0 aliphatic carbocycles. The molecule has 0 amide bonds. The fourth-order valence-corrected chi connectivity index (χ4v) is 3.23. The molecular weight excluding hydrogens is 342 g/mol. The number of aliphatic imine (C=N–C) groups is 2. The van der Waals surface area contributed by atoms with Crippen molar-refractivity contribution in [1.29, 1.82) is 0 Å². The Hall–Kier alpha value is -3.72. The molecule has 0 radical (unpaired) electrons. The zero-order valence-electron chi connectivity index (χ0n) is 15.7. The van der Waals surface area contributed by atoms with Crippen LogP contribution in [-0.4, -0.2) is 18.7 Å². The molecule has 0 aliphatic rings. The fourth-order valence-electron chi connectivity index (χ4n) is 3.23. The minimum atomic E-state index is 0.459. The molecule has 0 atom stereocenters. The molecule has 136 valence electrons. The second-order valence-corrected chi connectivity index (χ2v) is 6.55. The zero-order chi connectivity index (χ0) is 19.3. The van der Waals surface area contributed by atoms with E-state index in [9.17, 15) is 0 Å². The van der Waals surface area contributed by atoms with Crippen LogP contribution in [0.15, 0.2) is 107 Å². The first kappa shape index (κ1) is 17.7. The van der Waals surface area contributed by atoms with Crippen LogP contribution < -0.4 is 5.73 Å². The third kappa shape index (κ3) is 3.69. The molecular formula is C25H21N3. The molecule has 4 rings (SSSR count). The van der Waals surface area contributed by atoms with E-state index in [0.29, 0.717) is 11.7 Å². The lowest BCUT2D eigenvalue weighted by Crippen LogP contribution is -2.16. The van der Waals surface area contributed by atoms with Crippen LogP contribution in [-0.2, 0) is 0 Å². The lowest BCUT2D eigenvalue weighted by molar-refractivity contribution is 1.38. The SMILES string of the molecule is CN=C(N=C(N)c1ccccc1)c1ccc2cc(-c3ccccc3)ccc2c1. The normalized spacial score (nSPS) is 12.3. The van der Waals surface area contributed by atoms with Gasteiger partial charge in [0, 0.05) is 18.2 Å². The van der Waals surface area contributed by atoms with E-state index in [4.69, 9.17) is 5.73 Å². The van der Waals surface area contributed by atoms with Crippen molar-refractivity contribution >= 4 is 22.4 Å². The van der Waals surface area contributed by atoms with Gasteiger partial charge in [0.25, 0.3) is 0 Å². The van der Waals surface area contributed by atoms with Gasteiger partial charge in [0.1, 0.15) is 5.84 Å². The summed E-state index contributed by atoms with van der Waals surface area (Å²) in [5, 5.41) is 2.33. The van der Waals surface area contributed by atoms with Gasteiger partial charge >= 0.3 is 0 Å². The maximum atomic E-state index is 6.17. The van der Waals surface area contributed by atoms with Gasteiger partial charge in [-0.2, -0.15) is 0 Å². The summed E-state index contributed by atoms with van der Waals surface area (Å²) in [5.74, 6) is 1.08. The van der Waals surface area contributed by atoms with Crippen molar-refractivity contribution in [3.8, 4) is 11.1 Å². The van der Waals surface area contributed by atoms with Gasteiger partial charge in [0.05, 0.1) is 0 Å². The van der Waals surface area contributed by atoms with Crippen LogP contribution in [0.5, 0.6) is 0 Å². The van der Waals surface area contributed by atoms with E-state index in [-0.39, 0.29) is 0 Å². The van der Waals surface area contributed by atoms with E-state index in [1.807, 2.05) is 42.5 Å². The largest absolute Gasteiger partial charge is 0.383 e. The minimum absolute atomic E-state index is 0.459. The highest BCUT2D eigenvalue weighted by Crippen LogP contribution is 2.25. The Morgan fingerprint density at radius 1 is 0.643 bits per heavy atom. The van der Waals surface area contributed by atoms with Gasteiger partial charge in [0.2, 0.25) is 0 Å². The molecule has 0 saturated heterocycles. The molecule has 3 heteroatoms. The highest BCUT2D eigenvalue weighted by atomic mass is 14.9. The van der Waals surface area contributed by atoms with Crippen LogP contribution in [0, 0.1) is 0 Å². The van der Waals surface area contributed by atoms with Gasteiger partial charge in [-0.15, -0.1) is 0 Å². The first-order valence-corrected chi connectivity index (χ1v) is 9.20. The van der Waals surface area contributed by atoms with Gasteiger partial charge < -0.3 is 5.73 Å². The molecule has 0 bridgehead atoms. The standard InChI is InChI=1S/C25H21N3/c1-27-25(28-24(26)19-10-6-3-7-11-19)23-15-14-21-16-20(12-13-22(21)17-23)18-8-4-2-5-9-18/h2-17H,1H3,(H2,26,27,28). The topological polar surface area (TPSA) is 50.7 Å². The van der Waals surface area contributed by atoms with Crippen LogP contribution in [0.2, 0.25) is 0 Å². The first-order chi connectivity index (χ1) is 13.7. The molecule has 2 N–H and O–H groups in total. The van der Waals surface area contributed by atoms with Crippen LogP contribution in [0.3, 0.4) is 0 Å². The molecule has 28 heavy (non-hydrogen) atoms. The maximum Gasteiger partial charge on any atom is 0.156 e. The molecule has 0 saturated carbocycles. The second kappa shape index (κ2) is 7.89. The third-order valence-electron chi connectivity index (χ3n) is 4.71. The van der Waals surface area contributed by atoms with Crippen molar-refractivity contribution in [2.75, 3.05) is 7.05 Å². The first-order valence-electron chi connectivity index (χ1n) is 9.20. The number of amidine groups is 2. The van der Waals surface area contributed by atoms with Gasteiger partial charge in [-0.1, -0.05) is 84.9 Å². The number of hydrogen-bond donors (Lipinski definition) is 1. The van der Waals surface area contributed by atoms with E-state index < -0.39 is 0 Å². The van der Waals surface area contributed by atoms with Crippen molar-refractivity contribution < 1.29 is 0 Å². The van der Waals surface area contributed by atoms with Gasteiger partial charge in [-0.05, 0) is 34.0 Å². The van der Waals surface area contributed by atoms with E-state index in [1.165, 1.54) is 16.5 Å². The number of rotatable bonds is 3. The minimum Gasteiger partial charge on any atom is -0.383 e. The average molecular weight is 363 g/mol. The van der Waals surface area contributed by atoms with Crippen molar-refractivity contribution in [3.63, 3.8) is 0 Å². The summed E-state index contributed by atoms with van der Waals surface area (Å²) in [6.07, 6.45) is 0. The monoisotopic (exact) mass is 363 g/mol. The Morgan fingerprint density at radius 2 is 1.29 bits per heavy atom. The Labute approximate surface area is 164 Å². The molecule has 0 heterocycles. The van der Waals surface area contributed by atoms with Crippen LogP contribution in [0.25, 0.3) is 21.9 Å². The number of benzene rings is 4. The number of nitrogens with two attached hydrogens (primary N) is 1. The number of fused-ring (bicyclic) bond motifs is 1. The van der Waals surface area contributed by atoms with Crippen molar-refractivity contribution in [1.82, 2.24) is 0 Å². The van der Waals surface area contributed by atoms with Gasteiger partial charge in [-0.25, -0.2) is 4.99 Å². The molecule has 0 aromatic heterocycles. The predicted molar refractivity (Wildman–Crippen MR) is 119 cm³/mol. The highest BCUT2D eigenvalue weighted by molar-refractivity contribution is 6.12. The van der Waals surface area contributed by atoms with Crippen molar-refractivity contribution in [2.24, 2.45) is 15.7 Å². The molecule has 3 nitrogen and oxygen atoms in total. The van der Waals surface area contributed by atoms with Crippen molar-refractivity contribution in [2.45, 2.75) is 0 Å². The molecule has 0 aliphatic heterocycles.